The number of rotatable bonds is 1. The Bertz CT molecular complexity index is 371. The van der Waals surface area contributed by atoms with Gasteiger partial charge < -0.3 is 4.74 Å². The molecule has 0 bridgehead atoms. The fourth-order valence-corrected chi connectivity index (χ4v) is 1.55. The van der Waals surface area contributed by atoms with Crippen molar-refractivity contribution in [3.8, 4) is 5.75 Å². The first-order valence-electron chi connectivity index (χ1n) is 4.15. The molecule has 0 aliphatic carbocycles. The molecule has 2 rings (SSSR count). The normalized spacial score (nSPS) is 13.7. The van der Waals surface area contributed by atoms with Crippen LogP contribution in [-0.2, 0) is 6.42 Å². The first-order chi connectivity index (χ1) is 6.20. The third-order valence-electron chi connectivity index (χ3n) is 2.16. The minimum Gasteiger partial charge on any atom is -0.492 e. The van der Waals surface area contributed by atoms with Crippen molar-refractivity contribution in [1.29, 1.82) is 0 Å². The van der Waals surface area contributed by atoms with Crippen molar-refractivity contribution in [2.45, 2.75) is 13.3 Å². The summed E-state index contributed by atoms with van der Waals surface area (Å²) in [6.45, 7) is 1.89. The van der Waals surface area contributed by atoms with E-state index in [1.807, 2.05) is 0 Å². The molecule has 0 radical (unpaired) electrons. The molecule has 0 N–H and O–H groups in total. The Kier molecular flexibility index (Phi) is 1.79. The highest BCUT2D eigenvalue weighted by molar-refractivity contribution is 5.97. The van der Waals surface area contributed by atoms with Crippen molar-refractivity contribution < 1.29 is 13.9 Å². The fourth-order valence-electron chi connectivity index (χ4n) is 1.55. The van der Waals surface area contributed by atoms with E-state index in [2.05, 4.69) is 0 Å². The van der Waals surface area contributed by atoms with Gasteiger partial charge in [-0.25, -0.2) is 4.39 Å². The van der Waals surface area contributed by atoms with E-state index in [1.165, 1.54) is 13.0 Å². The smallest absolute Gasteiger partial charge is 0.166 e. The van der Waals surface area contributed by atoms with E-state index in [0.717, 1.165) is 12.0 Å². The van der Waals surface area contributed by atoms with E-state index >= 15 is 0 Å². The third-order valence-corrected chi connectivity index (χ3v) is 2.16. The predicted octanol–water partition coefficient (Wildman–Crippen LogP) is 1.96. The Morgan fingerprint density at radius 3 is 3.00 bits per heavy atom. The Labute approximate surface area is 75.3 Å². The van der Waals surface area contributed by atoms with Gasteiger partial charge in [0.25, 0.3) is 0 Å². The highest BCUT2D eigenvalue weighted by atomic mass is 19.1. The molecule has 1 aliphatic rings. The van der Waals surface area contributed by atoms with Gasteiger partial charge in [0.2, 0.25) is 0 Å². The number of benzene rings is 1. The lowest BCUT2D eigenvalue weighted by Gasteiger charge is -2.05. The van der Waals surface area contributed by atoms with Crippen molar-refractivity contribution in [2.24, 2.45) is 0 Å². The molecular formula is C10H9FO2. The lowest BCUT2D eigenvalue weighted by atomic mass is 10.1. The average Bonchev–Trinajstić information content (AvgIpc) is 2.50. The van der Waals surface area contributed by atoms with Crippen molar-refractivity contribution in [2.75, 3.05) is 6.61 Å². The predicted molar refractivity (Wildman–Crippen MR) is 45.6 cm³/mol. The van der Waals surface area contributed by atoms with Gasteiger partial charge in [-0.1, -0.05) is 6.07 Å². The number of hydrogen-bond acceptors (Lipinski definition) is 2. The number of hydrogen-bond donors (Lipinski definition) is 0. The molecule has 0 saturated heterocycles. The average molecular weight is 180 g/mol. The summed E-state index contributed by atoms with van der Waals surface area (Å²) in [6, 6.07) is 2.99. The van der Waals surface area contributed by atoms with Crippen molar-refractivity contribution >= 4 is 5.78 Å². The minimum absolute atomic E-state index is 0.0926. The minimum atomic E-state index is -0.492. The largest absolute Gasteiger partial charge is 0.492 e. The Morgan fingerprint density at radius 2 is 2.31 bits per heavy atom. The van der Waals surface area contributed by atoms with Gasteiger partial charge in [0, 0.05) is 6.42 Å². The van der Waals surface area contributed by atoms with Crippen molar-refractivity contribution in [3.63, 3.8) is 0 Å². The van der Waals surface area contributed by atoms with Crippen LogP contribution in [0.2, 0.25) is 0 Å². The lowest BCUT2D eigenvalue weighted by molar-refractivity contribution is 0.101. The summed E-state index contributed by atoms with van der Waals surface area (Å²) in [4.78, 5) is 11.1. The maximum Gasteiger partial charge on any atom is 0.166 e. The molecule has 0 amide bonds. The topological polar surface area (TPSA) is 26.3 Å². The number of ketones is 1. The van der Waals surface area contributed by atoms with Crippen LogP contribution in [0.15, 0.2) is 12.1 Å². The van der Waals surface area contributed by atoms with Crippen LogP contribution in [0.4, 0.5) is 4.39 Å². The zero-order valence-corrected chi connectivity index (χ0v) is 7.26. The van der Waals surface area contributed by atoms with Gasteiger partial charge in [-0.15, -0.1) is 0 Å². The Morgan fingerprint density at radius 1 is 1.54 bits per heavy atom. The molecule has 1 aliphatic heterocycles. The molecule has 1 heterocycles. The monoisotopic (exact) mass is 180 g/mol. The molecule has 0 spiro atoms. The number of fused-ring (bicyclic) bond motifs is 1. The summed E-state index contributed by atoms with van der Waals surface area (Å²) >= 11 is 0. The Balaban J connectivity index is 2.65. The molecule has 0 atom stereocenters. The maximum absolute atomic E-state index is 13.2. The number of carbonyl (C=O) groups excluding carboxylic acids is 1. The number of carbonyl (C=O) groups is 1. The van der Waals surface area contributed by atoms with Gasteiger partial charge in [0.15, 0.2) is 5.78 Å². The van der Waals surface area contributed by atoms with E-state index in [0.29, 0.717) is 12.4 Å². The first-order valence-corrected chi connectivity index (χ1v) is 4.15. The van der Waals surface area contributed by atoms with E-state index in [9.17, 15) is 9.18 Å². The second kappa shape index (κ2) is 2.83. The molecule has 68 valence electrons. The van der Waals surface area contributed by atoms with E-state index in [1.54, 1.807) is 6.07 Å². The molecule has 0 saturated carbocycles. The Hall–Kier alpha value is -1.38. The number of ether oxygens (including phenoxy) is 1. The second-order valence-electron chi connectivity index (χ2n) is 3.07. The van der Waals surface area contributed by atoms with Crippen molar-refractivity contribution in [3.05, 3.63) is 29.1 Å². The van der Waals surface area contributed by atoms with Crippen LogP contribution in [0, 0.1) is 5.82 Å². The van der Waals surface area contributed by atoms with E-state index < -0.39 is 5.82 Å². The van der Waals surface area contributed by atoms with Gasteiger partial charge in [0.05, 0.1) is 12.2 Å². The van der Waals surface area contributed by atoms with Crippen LogP contribution in [0.1, 0.15) is 22.8 Å². The molecule has 3 heteroatoms. The van der Waals surface area contributed by atoms with Gasteiger partial charge in [0.1, 0.15) is 11.6 Å². The van der Waals surface area contributed by atoms with Crippen LogP contribution in [0.3, 0.4) is 0 Å². The summed E-state index contributed by atoms with van der Waals surface area (Å²) in [7, 11) is 0. The molecule has 1 aromatic rings. The third kappa shape index (κ3) is 1.20. The van der Waals surface area contributed by atoms with Gasteiger partial charge in [-0.05, 0) is 18.6 Å². The van der Waals surface area contributed by atoms with Crippen LogP contribution >= 0.6 is 0 Å². The van der Waals surface area contributed by atoms with Gasteiger partial charge >= 0.3 is 0 Å². The summed E-state index contributed by atoms with van der Waals surface area (Å²) in [5, 5.41) is 0. The molecule has 0 unspecified atom stereocenters. The standard InChI is InChI=1S/C10H9FO2/c1-6(12)9-8(11)3-2-7-4-5-13-10(7)9/h2-3H,4-5H2,1H3. The van der Waals surface area contributed by atoms with Crippen LogP contribution in [0.25, 0.3) is 0 Å². The molecule has 1 aromatic carbocycles. The highest BCUT2D eigenvalue weighted by Gasteiger charge is 2.22. The zero-order valence-electron chi connectivity index (χ0n) is 7.26. The maximum atomic E-state index is 13.2. The summed E-state index contributed by atoms with van der Waals surface area (Å²) in [6.07, 6.45) is 0.760. The highest BCUT2D eigenvalue weighted by Crippen LogP contribution is 2.31. The molecule has 0 aromatic heterocycles. The molecule has 13 heavy (non-hydrogen) atoms. The van der Waals surface area contributed by atoms with Crippen LogP contribution in [0.5, 0.6) is 5.75 Å². The van der Waals surface area contributed by atoms with Crippen LogP contribution < -0.4 is 4.74 Å². The summed E-state index contributed by atoms with van der Waals surface area (Å²) in [5.41, 5.74) is 1.02. The first kappa shape index (κ1) is 8.23. The summed E-state index contributed by atoms with van der Waals surface area (Å²) < 4.78 is 18.4. The fraction of sp³-hybridized carbons (Fsp3) is 0.300. The van der Waals surface area contributed by atoms with Crippen LogP contribution in [-0.4, -0.2) is 12.4 Å². The lowest BCUT2D eigenvalue weighted by Crippen LogP contribution is -2.00. The number of halogens is 1. The van der Waals surface area contributed by atoms with Gasteiger partial charge in [-0.2, -0.15) is 0 Å². The zero-order chi connectivity index (χ0) is 9.42. The number of Topliss-reactive ketones (excluding diaryl/α,β-unsaturated/α-hetero) is 1. The van der Waals surface area contributed by atoms with E-state index in [4.69, 9.17) is 4.74 Å². The van der Waals surface area contributed by atoms with Crippen molar-refractivity contribution in [1.82, 2.24) is 0 Å². The quantitative estimate of drug-likeness (QED) is 0.617. The molecule has 2 nitrogen and oxygen atoms in total. The van der Waals surface area contributed by atoms with Gasteiger partial charge in [-0.3, -0.25) is 4.79 Å². The van der Waals surface area contributed by atoms with E-state index in [-0.39, 0.29) is 11.3 Å². The second-order valence-corrected chi connectivity index (χ2v) is 3.07. The molecular weight excluding hydrogens is 171 g/mol. The summed E-state index contributed by atoms with van der Waals surface area (Å²) in [5.74, 6) is -0.336. The SMILES string of the molecule is CC(=O)c1c(F)ccc2c1OCC2. The molecule has 0 fully saturated rings.